The van der Waals surface area contributed by atoms with Gasteiger partial charge in [0.1, 0.15) is 5.69 Å². The molecule has 0 radical (unpaired) electrons. The van der Waals surface area contributed by atoms with Gasteiger partial charge in [-0.05, 0) is 18.2 Å². The number of nitro benzene ring substituents is 1. The summed E-state index contributed by atoms with van der Waals surface area (Å²) < 4.78 is 10.2. The summed E-state index contributed by atoms with van der Waals surface area (Å²) in [7, 11) is 0. The lowest BCUT2D eigenvalue weighted by molar-refractivity contribution is -0.386. The van der Waals surface area contributed by atoms with E-state index in [9.17, 15) is 29.8 Å². The number of aromatic nitrogens is 2. The fourth-order valence-corrected chi connectivity index (χ4v) is 2.21. The zero-order chi connectivity index (χ0) is 18.1. The van der Waals surface area contributed by atoms with Crippen LogP contribution in [-0.2, 0) is 0 Å². The van der Waals surface area contributed by atoms with E-state index in [2.05, 4.69) is 4.98 Å². The third kappa shape index (κ3) is 2.95. The molecule has 2 heterocycles. The van der Waals surface area contributed by atoms with Gasteiger partial charge in [0.25, 0.3) is 5.69 Å². The summed E-state index contributed by atoms with van der Waals surface area (Å²) in [6.45, 7) is -0.0908. The molecule has 0 atom stereocenters. The number of aromatic amines is 2. The van der Waals surface area contributed by atoms with E-state index in [0.717, 1.165) is 18.2 Å². The number of nitrogens with one attached hydrogen (secondary N) is 2. The lowest BCUT2D eigenvalue weighted by Crippen LogP contribution is -2.25. The first-order valence-corrected chi connectivity index (χ1v) is 6.64. The molecule has 1 aromatic heterocycles. The molecule has 2 aromatic rings. The van der Waals surface area contributed by atoms with E-state index < -0.39 is 32.5 Å². The summed E-state index contributed by atoms with van der Waals surface area (Å²) in [5, 5.41) is 22.1. The first-order valence-electron chi connectivity index (χ1n) is 6.64. The second-order valence-electron chi connectivity index (χ2n) is 4.78. The number of benzene rings is 1. The minimum absolute atomic E-state index is 0.0460. The maximum absolute atomic E-state index is 11.5. The van der Waals surface area contributed by atoms with Gasteiger partial charge in [-0.2, -0.15) is 0 Å². The van der Waals surface area contributed by atoms with Crippen LogP contribution in [0.25, 0.3) is 12.2 Å². The fraction of sp³-hybridized carbons (Fsp3) is 0.0769. The molecule has 0 unspecified atom stereocenters. The highest BCUT2D eigenvalue weighted by Gasteiger charge is 2.23. The highest BCUT2D eigenvalue weighted by atomic mass is 16.7. The molecule has 25 heavy (non-hydrogen) atoms. The number of hydrogen-bond acceptors (Lipinski definition) is 8. The standard InChI is InChI=1S/C13H8N4O8/c18-12-11(17(22)23)7(14-13(19)15-12)2-1-6-3-9-10(25-5-24-9)4-8(6)16(20)21/h1-4H,5H2,(H2,14,15,18,19)/b2-1+. The molecule has 1 aromatic carbocycles. The average Bonchev–Trinajstić information content (AvgIpc) is 2.97. The Kier molecular flexibility index (Phi) is 3.77. The number of ether oxygens (including phenoxy) is 2. The van der Waals surface area contributed by atoms with Crippen LogP contribution in [0.5, 0.6) is 11.5 Å². The first kappa shape index (κ1) is 15.9. The van der Waals surface area contributed by atoms with Crippen molar-refractivity contribution < 1.29 is 19.3 Å². The molecule has 0 amide bonds. The van der Waals surface area contributed by atoms with Crippen LogP contribution in [0.1, 0.15) is 11.3 Å². The van der Waals surface area contributed by atoms with Crippen LogP contribution in [-0.4, -0.2) is 26.6 Å². The number of nitrogens with zero attached hydrogens (tertiary/aromatic N) is 2. The van der Waals surface area contributed by atoms with Crippen molar-refractivity contribution in [3.8, 4) is 11.5 Å². The van der Waals surface area contributed by atoms with Gasteiger partial charge >= 0.3 is 16.9 Å². The number of rotatable bonds is 4. The van der Waals surface area contributed by atoms with E-state index in [1.54, 1.807) is 4.98 Å². The Balaban J connectivity index is 2.12. The quantitative estimate of drug-likeness (QED) is 0.602. The van der Waals surface area contributed by atoms with E-state index in [4.69, 9.17) is 9.47 Å². The van der Waals surface area contributed by atoms with E-state index in [-0.39, 0.29) is 29.5 Å². The van der Waals surface area contributed by atoms with Crippen molar-refractivity contribution in [3.05, 3.63) is 64.5 Å². The molecular weight excluding hydrogens is 340 g/mol. The Morgan fingerprint density at radius 3 is 2.32 bits per heavy atom. The minimum atomic E-state index is -1.19. The van der Waals surface area contributed by atoms with Crippen molar-refractivity contribution in [1.82, 2.24) is 9.97 Å². The van der Waals surface area contributed by atoms with Crippen LogP contribution in [0.2, 0.25) is 0 Å². The van der Waals surface area contributed by atoms with E-state index in [0.29, 0.717) is 0 Å². The van der Waals surface area contributed by atoms with E-state index in [1.807, 2.05) is 0 Å². The Bertz CT molecular complexity index is 1040. The maximum Gasteiger partial charge on any atom is 0.357 e. The van der Waals surface area contributed by atoms with Crippen molar-refractivity contribution in [3.63, 3.8) is 0 Å². The monoisotopic (exact) mass is 348 g/mol. The zero-order valence-electron chi connectivity index (χ0n) is 12.2. The zero-order valence-corrected chi connectivity index (χ0v) is 12.2. The van der Waals surface area contributed by atoms with Crippen LogP contribution in [0.15, 0.2) is 21.7 Å². The Morgan fingerprint density at radius 2 is 1.68 bits per heavy atom. The molecule has 1 aliphatic heterocycles. The van der Waals surface area contributed by atoms with Crippen molar-refractivity contribution in [2.24, 2.45) is 0 Å². The molecule has 0 fully saturated rings. The highest BCUT2D eigenvalue weighted by Crippen LogP contribution is 2.38. The van der Waals surface area contributed by atoms with E-state index >= 15 is 0 Å². The largest absolute Gasteiger partial charge is 0.454 e. The summed E-state index contributed by atoms with van der Waals surface area (Å²) in [4.78, 5) is 47.2. The molecule has 0 saturated heterocycles. The molecule has 128 valence electrons. The number of H-pyrrole nitrogens is 2. The van der Waals surface area contributed by atoms with Crippen molar-refractivity contribution in [2.45, 2.75) is 0 Å². The average molecular weight is 348 g/mol. The maximum atomic E-state index is 11.5. The lowest BCUT2D eigenvalue weighted by Gasteiger charge is -2.01. The van der Waals surface area contributed by atoms with Crippen molar-refractivity contribution >= 4 is 23.5 Å². The molecule has 0 saturated carbocycles. The molecule has 2 N–H and O–H groups in total. The van der Waals surface area contributed by atoms with Crippen molar-refractivity contribution in [2.75, 3.05) is 6.79 Å². The molecule has 3 rings (SSSR count). The van der Waals surface area contributed by atoms with Crippen LogP contribution in [0.3, 0.4) is 0 Å². The van der Waals surface area contributed by atoms with Gasteiger partial charge in [-0.25, -0.2) is 4.79 Å². The first-order chi connectivity index (χ1) is 11.9. The smallest absolute Gasteiger partial charge is 0.357 e. The second kappa shape index (κ2) is 5.92. The van der Waals surface area contributed by atoms with Crippen LogP contribution >= 0.6 is 0 Å². The van der Waals surface area contributed by atoms with Gasteiger partial charge in [-0.1, -0.05) is 0 Å². The Labute approximate surface area is 136 Å². The number of hydrogen-bond donors (Lipinski definition) is 2. The molecule has 0 aliphatic carbocycles. The van der Waals surface area contributed by atoms with Crippen LogP contribution < -0.4 is 20.7 Å². The van der Waals surface area contributed by atoms with Gasteiger partial charge in [0.05, 0.1) is 21.5 Å². The Morgan fingerprint density at radius 1 is 1.00 bits per heavy atom. The predicted molar refractivity (Wildman–Crippen MR) is 82.5 cm³/mol. The predicted octanol–water partition coefficient (Wildman–Crippen LogP) is 0.779. The molecule has 0 spiro atoms. The Hall–Kier alpha value is -3.96. The summed E-state index contributed by atoms with van der Waals surface area (Å²) in [6, 6.07) is 2.46. The fourth-order valence-electron chi connectivity index (χ4n) is 2.21. The molecule has 1 aliphatic rings. The summed E-state index contributed by atoms with van der Waals surface area (Å²) in [5.41, 5.74) is -3.71. The number of nitro groups is 2. The van der Waals surface area contributed by atoms with Gasteiger partial charge in [-0.3, -0.25) is 30.0 Å². The SMILES string of the molecule is O=c1[nH]c(/C=C/c2cc3c(cc2[N+](=O)[O-])OCO3)c([N+](=O)[O-])c(=O)[nH]1. The summed E-state index contributed by atoms with van der Waals surface area (Å²) >= 11 is 0. The van der Waals surface area contributed by atoms with Gasteiger partial charge < -0.3 is 14.5 Å². The van der Waals surface area contributed by atoms with Crippen LogP contribution in [0, 0.1) is 20.2 Å². The van der Waals surface area contributed by atoms with Gasteiger partial charge in [0.2, 0.25) is 6.79 Å². The topological polar surface area (TPSA) is 170 Å². The van der Waals surface area contributed by atoms with Gasteiger partial charge in [0.15, 0.2) is 11.5 Å². The van der Waals surface area contributed by atoms with Gasteiger partial charge in [-0.15, -0.1) is 0 Å². The minimum Gasteiger partial charge on any atom is -0.454 e. The second-order valence-corrected chi connectivity index (χ2v) is 4.78. The molecule has 12 heteroatoms. The molecular formula is C13H8N4O8. The summed E-state index contributed by atoms with van der Waals surface area (Å²) in [6.07, 6.45) is 2.18. The highest BCUT2D eigenvalue weighted by molar-refractivity contribution is 5.77. The van der Waals surface area contributed by atoms with Gasteiger partial charge in [0, 0.05) is 0 Å². The molecule has 12 nitrogen and oxygen atoms in total. The molecule has 0 bridgehead atoms. The number of fused-ring (bicyclic) bond motifs is 1. The van der Waals surface area contributed by atoms with Crippen molar-refractivity contribution in [1.29, 1.82) is 0 Å². The normalized spacial score (nSPS) is 12.5. The third-order valence-electron chi connectivity index (χ3n) is 3.28. The van der Waals surface area contributed by atoms with Crippen LogP contribution in [0.4, 0.5) is 11.4 Å². The lowest BCUT2D eigenvalue weighted by atomic mass is 10.1. The summed E-state index contributed by atoms with van der Waals surface area (Å²) in [5.74, 6) is 0.457. The third-order valence-corrected chi connectivity index (χ3v) is 3.28. The van der Waals surface area contributed by atoms with E-state index in [1.165, 1.54) is 6.07 Å².